The van der Waals surface area contributed by atoms with E-state index >= 15 is 0 Å². The Morgan fingerprint density at radius 2 is 1.33 bits per heavy atom. The summed E-state index contributed by atoms with van der Waals surface area (Å²) in [5, 5.41) is 0. The summed E-state index contributed by atoms with van der Waals surface area (Å²) >= 11 is 0. The van der Waals surface area contributed by atoms with Gasteiger partial charge in [0.2, 0.25) is 0 Å². The van der Waals surface area contributed by atoms with Crippen LogP contribution in [-0.4, -0.2) is 13.7 Å². The van der Waals surface area contributed by atoms with Gasteiger partial charge >= 0.3 is 17.1 Å². The van der Waals surface area contributed by atoms with Gasteiger partial charge in [-0.25, -0.2) is 28.1 Å². The number of hydrogen-bond donors (Lipinski definition) is 0. The number of rotatable bonds is 4. The van der Waals surface area contributed by atoms with E-state index in [1.807, 2.05) is 6.92 Å². The van der Waals surface area contributed by atoms with E-state index in [-0.39, 0.29) is 6.54 Å². The van der Waals surface area contributed by atoms with Crippen molar-refractivity contribution in [3.8, 4) is 0 Å². The highest BCUT2D eigenvalue weighted by atomic mass is 16.2. The highest BCUT2D eigenvalue weighted by Gasteiger charge is 2.11. The molecule has 0 bridgehead atoms. The summed E-state index contributed by atoms with van der Waals surface area (Å²) in [4.78, 5) is 35.9. The lowest BCUT2D eigenvalue weighted by molar-refractivity contribution is 0.551. The van der Waals surface area contributed by atoms with Gasteiger partial charge in [-0.15, -0.1) is 0 Å². The van der Waals surface area contributed by atoms with Gasteiger partial charge in [0.1, 0.15) is 0 Å². The Labute approximate surface area is 104 Å². The number of allylic oxidation sites excluding steroid dienone is 2. The van der Waals surface area contributed by atoms with Crippen LogP contribution in [0.3, 0.4) is 0 Å². The van der Waals surface area contributed by atoms with Crippen LogP contribution in [0.1, 0.15) is 27.2 Å². The lowest BCUT2D eigenvalue weighted by Gasteiger charge is -2.08. The number of nitrogens with zero attached hydrogens (tertiary/aromatic N) is 3. The topological polar surface area (TPSA) is 66.0 Å². The largest absolute Gasteiger partial charge is 0.344 e. The van der Waals surface area contributed by atoms with Gasteiger partial charge in [-0.2, -0.15) is 0 Å². The Morgan fingerprint density at radius 3 is 1.67 bits per heavy atom. The molecule has 1 aromatic heterocycles. The fourth-order valence-electron chi connectivity index (χ4n) is 1.59. The molecule has 0 atom stereocenters. The lowest BCUT2D eigenvalue weighted by Crippen LogP contribution is -2.51. The van der Waals surface area contributed by atoms with Crippen molar-refractivity contribution in [2.75, 3.05) is 0 Å². The number of aromatic nitrogens is 3. The fraction of sp³-hybridized carbons (Fsp3) is 0.417. The normalized spacial score (nSPS) is 11.7. The summed E-state index contributed by atoms with van der Waals surface area (Å²) < 4.78 is 2.91. The van der Waals surface area contributed by atoms with Gasteiger partial charge in [0.05, 0.1) is 0 Å². The van der Waals surface area contributed by atoms with E-state index in [9.17, 15) is 14.4 Å². The van der Waals surface area contributed by atoms with Crippen LogP contribution < -0.4 is 17.1 Å². The third-order valence-electron chi connectivity index (χ3n) is 2.33. The van der Waals surface area contributed by atoms with Crippen molar-refractivity contribution in [3.05, 3.63) is 43.6 Å². The van der Waals surface area contributed by atoms with Crippen molar-refractivity contribution in [2.45, 2.75) is 33.7 Å². The van der Waals surface area contributed by atoms with Crippen LogP contribution in [-0.2, 0) is 6.54 Å². The third kappa shape index (κ3) is 2.42. The van der Waals surface area contributed by atoms with E-state index in [2.05, 4.69) is 0 Å². The second-order valence-corrected chi connectivity index (χ2v) is 3.70. The molecule has 1 rings (SSSR count). The first-order chi connectivity index (χ1) is 8.58. The third-order valence-corrected chi connectivity index (χ3v) is 2.33. The van der Waals surface area contributed by atoms with Crippen LogP contribution >= 0.6 is 0 Å². The van der Waals surface area contributed by atoms with E-state index in [0.29, 0.717) is 6.42 Å². The molecule has 0 aliphatic heterocycles. The van der Waals surface area contributed by atoms with Gasteiger partial charge in [-0.3, -0.25) is 0 Å². The van der Waals surface area contributed by atoms with E-state index < -0.39 is 17.1 Å². The second-order valence-electron chi connectivity index (χ2n) is 3.70. The van der Waals surface area contributed by atoms with Crippen LogP contribution in [0.5, 0.6) is 0 Å². The van der Waals surface area contributed by atoms with Crippen LogP contribution in [0.2, 0.25) is 0 Å². The second kappa shape index (κ2) is 6.00. The molecule has 6 nitrogen and oxygen atoms in total. The lowest BCUT2D eigenvalue weighted by atomic mass is 10.5. The molecule has 98 valence electrons. The average molecular weight is 251 g/mol. The predicted molar refractivity (Wildman–Crippen MR) is 71.5 cm³/mol. The molecule has 0 unspecified atom stereocenters. The summed E-state index contributed by atoms with van der Waals surface area (Å²) in [6.07, 6.45) is 6.50. The summed E-state index contributed by atoms with van der Waals surface area (Å²) in [6, 6.07) is 0. The van der Waals surface area contributed by atoms with Crippen molar-refractivity contribution in [2.24, 2.45) is 0 Å². The van der Waals surface area contributed by atoms with Gasteiger partial charge in [-0.1, -0.05) is 19.1 Å². The van der Waals surface area contributed by atoms with Crippen LogP contribution in [0.4, 0.5) is 0 Å². The maximum absolute atomic E-state index is 12.0. The molecular weight excluding hydrogens is 234 g/mol. The molecule has 18 heavy (non-hydrogen) atoms. The smallest absolute Gasteiger partial charge is 0.247 e. The minimum atomic E-state index is -0.659. The first-order valence-corrected chi connectivity index (χ1v) is 5.82. The summed E-state index contributed by atoms with van der Waals surface area (Å²) in [5.41, 5.74) is -1.87. The van der Waals surface area contributed by atoms with Crippen molar-refractivity contribution in [1.82, 2.24) is 13.7 Å². The van der Waals surface area contributed by atoms with Gasteiger partial charge in [0, 0.05) is 18.9 Å². The summed E-state index contributed by atoms with van der Waals surface area (Å²) in [6.45, 7) is 5.53. The molecule has 0 amide bonds. The molecule has 0 N–H and O–H groups in total. The molecule has 0 fully saturated rings. The first kappa shape index (κ1) is 14.0. The molecule has 1 aromatic rings. The van der Waals surface area contributed by atoms with Gasteiger partial charge in [0.25, 0.3) is 0 Å². The first-order valence-electron chi connectivity index (χ1n) is 5.82. The molecule has 6 heteroatoms. The molecule has 0 aliphatic rings. The summed E-state index contributed by atoms with van der Waals surface area (Å²) in [7, 11) is 0. The molecule has 0 saturated carbocycles. The Morgan fingerprint density at radius 1 is 0.889 bits per heavy atom. The van der Waals surface area contributed by atoms with Crippen molar-refractivity contribution >= 4 is 12.4 Å². The summed E-state index contributed by atoms with van der Waals surface area (Å²) in [5.74, 6) is 0. The Balaban J connectivity index is 3.82. The van der Waals surface area contributed by atoms with Crippen LogP contribution in [0.15, 0.2) is 26.5 Å². The van der Waals surface area contributed by atoms with E-state index in [1.54, 1.807) is 26.0 Å². The SMILES string of the molecule is C/C=C\n1c(=O)n(/C=C\C)c(=O)n(CCC)c1=O. The van der Waals surface area contributed by atoms with Gasteiger partial charge in [-0.05, 0) is 20.3 Å². The molecular formula is C12H17N3O3. The maximum atomic E-state index is 12.0. The van der Waals surface area contributed by atoms with E-state index in [4.69, 9.17) is 0 Å². The van der Waals surface area contributed by atoms with Crippen molar-refractivity contribution < 1.29 is 0 Å². The van der Waals surface area contributed by atoms with E-state index in [1.165, 1.54) is 12.4 Å². The standard InChI is InChI=1S/C12H17N3O3/c1-4-7-13-10(16)14(8-5-2)12(18)15(9-6-3)11(13)17/h4-5,7-8H,6,9H2,1-3H3/b7-4-,8-5-. The molecule has 0 aromatic carbocycles. The molecule has 0 spiro atoms. The zero-order valence-corrected chi connectivity index (χ0v) is 10.8. The predicted octanol–water partition coefficient (Wildman–Crippen LogP) is 0.563. The van der Waals surface area contributed by atoms with Gasteiger partial charge < -0.3 is 0 Å². The monoisotopic (exact) mass is 251 g/mol. The Hall–Kier alpha value is -2.11. The molecule has 0 saturated heterocycles. The highest BCUT2D eigenvalue weighted by molar-refractivity contribution is 5.24. The van der Waals surface area contributed by atoms with Gasteiger partial charge in [0.15, 0.2) is 0 Å². The zero-order chi connectivity index (χ0) is 13.7. The van der Waals surface area contributed by atoms with Crippen molar-refractivity contribution in [1.29, 1.82) is 0 Å². The molecule has 0 aliphatic carbocycles. The molecule has 0 radical (unpaired) electrons. The fourth-order valence-corrected chi connectivity index (χ4v) is 1.59. The van der Waals surface area contributed by atoms with Crippen molar-refractivity contribution in [3.63, 3.8) is 0 Å². The minimum Gasteiger partial charge on any atom is -0.247 e. The average Bonchev–Trinajstić information content (AvgIpc) is 2.35. The van der Waals surface area contributed by atoms with Crippen LogP contribution in [0, 0.1) is 0 Å². The zero-order valence-electron chi connectivity index (χ0n) is 10.8. The maximum Gasteiger partial charge on any atom is 0.344 e. The Bertz CT molecular complexity index is 594. The van der Waals surface area contributed by atoms with Crippen LogP contribution in [0.25, 0.3) is 12.4 Å². The quantitative estimate of drug-likeness (QED) is 0.785. The van der Waals surface area contributed by atoms with E-state index in [0.717, 1.165) is 13.7 Å². The minimum absolute atomic E-state index is 0.285. The number of hydrogen-bond acceptors (Lipinski definition) is 3. The highest BCUT2D eigenvalue weighted by Crippen LogP contribution is 1.82. The molecule has 1 heterocycles. The Kier molecular flexibility index (Phi) is 4.65.